The Morgan fingerprint density at radius 2 is 2.12 bits per heavy atom. The van der Waals surface area contributed by atoms with E-state index in [1.165, 1.54) is 12.8 Å². The van der Waals surface area contributed by atoms with Gasteiger partial charge in [0.25, 0.3) is 0 Å². The largest absolute Gasteiger partial charge is 0.361 e. The van der Waals surface area contributed by atoms with Gasteiger partial charge in [-0.1, -0.05) is 5.16 Å². The van der Waals surface area contributed by atoms with Crippen molar-refractivity contribution in [1.29, 1.82) is 0 Å². The molecule has 1 saturated carbocycles. The topological polar surface area (TPSA) is 75.6 Å². The summed E-state index contributed by atoms with van der Waals surface area (Å²) in [6.07, 6.45) is 6.19. The maximum atomic E-state index is 5.45. The van der Waals surface area contributed by atoms with Crippen LogP contribution in [-0.2, 0) is 6.54 Å². The van der Waals surface area contributed by atoms with Gasteiger partial charge in [-0.25, -0.2) is 4.98 Å². The summed E-state index contributed by atoms with van der Waals surface area (Å²) in [6.45, 7) is 4.63. The van der Waals surface area contributed by atoms with Crippen LogP contribution in [0, 0.1) is 6.92 Å². The van der Waals surface area contributed by atoms with Gasteiger partial charge in [0.2, 0.25) is 5.65 Å². The molecule has 1 saturated heterocycles. The second-order valence-corrected chi connectivity index (χ2v) is 7.16. The summed E-state index contributed by atoms with van der Waals surface area (Å²) in [5.74, 6) is 3.45. The molecule has 1 aliphatic heterocycles. The zero-order valence-corrected chi connectivity index (χ0v) is 14.5. The summed E-state index contributed by atoms with van der Waals surface area (Å²) in [5.41, 5.74) is 1.85. The lowest BCUT2D eigenvalue weighted by Crippen LogP contribution is -2.58. The number of anilines is 1. The standard InChI is InChI=1S/C17H21N7O/c1-11-19-20-17-16(18-5-6-24(11)17)23-9-14(10-23)22(2)8-13-7-15(25-21-13)12-3-4-12/h5-7,12,14H,3-4,8-10H2,1-2H3. The first-order chi connectivity index (χ1) is 12.2. The van der Waals surface area contributed by atoms with Crippen LogP contribution in [0.25, 0.3) is 5.65 Å². The number of likely N-dealkylation sites (N-methyl/N-ethyl adjacent to an activating group) is 1. The lowest BCUT2D eigenvalue weighted by atomic mass is 10.1. The monoisotopic (exact) mass is 339 g/mol. The molecular formula is C17H21N7O. The van der Waals surface area contributed by atoms with E-state index < -0.39 is 0 Å². The molecule has 0 atom stereocenters. The molecule has 2 aliphatic rings. The molecule has 3 aromatic heterocycles. The third kappa shape index (κ3) is 2.57. The molecule has 5 rings (SSSR count). The zero-order valence-electron chi connectivity index (χ0n) is 14.5. The van der Waals surface area contributed by atoms with Crippen molar-refractivity contribution < 1.29 is 4.52 Å². The van der Waals surface area contributed by atoms with Crippen molar-refractivity contribution in [2.24, 2.45) is 0 Å². The van der Waals surface area contributed by atoms with Crippen LogP contribution < -0.4 is 4.90 Å². The quantitative estimate of drug-likeness (QED) is 0.699. The molecule has 25 heavy (non-hydrogen) atoms. The first-order valence-electron chi connectivity index (χ1n) is 8.76. The van der Waals surface area contributed by atoms with Crippen molar-refractivity contribution >= 4 is 11.5 Å². The Kier molecular flexibility index (Phi) is 3.27. The fourth-order valence-electron chi connectivity index (χ4n) is 3.41. The number of hydrogen-bond acceptors (Lipinski definition) is 7. The number of aryl methyl sites for hydroxylation is 1. The molecule has 0 bridgehead atoms. The molecule has 0 spiro atoms. The van der Waals surface area contributed by atoms with Crippen LogP contribution in [0.15, 0.2) is 23.0 Å². The molecule has 2 fully saturated rings. The van der Waals surface area contributed by atoms with Crippen LogP contribution in [0.5, 0.6) is 0 Å². The normalized spacial score (nSPS) is 18.3. The van der Waals surface area contributed by atoms with Gasteiger partial charge >= 0.3 is 0 Å². The van der Waals surface area contributed by atoms with Crippen molar-refractivity contribution in [3.05, 3.63) is 35.7 Å². The summed E-state index contributed by atoms with van der Waals surface area (Å²) in [5, 5.41) is 12.6. The van der Waals surface area contributed by atoms with Gasteiger partial charge in [0, 0.05) is 50.1 Å². The molecule has 0 radical (unpaired) electrons. The van der Waals surface area contributed by atoms with Crippen LogP contribution in [0.3, 0.4) is 0 Å². The van der Waals surface area contributed by atoms with E-state index in [4.69, 9.17) is 4.52 Å². The summed E-state index contributed by atoms with van der Waals surface area (Å²) >= 11 is 0. The highest BCUT2D eigenvalue weighted by Crippen LogP contribution is 2.40. The highest BCUT2D eigenvalue weighted by molar-refractivity contribution is 5.65. The highest BCUT2D eigenvalue weighted by atomic mass is 16.5. The minimum absolute atomic E-state index is 0.479. The third-order valence-corrected chi connectivity index (χ3v) is 5.23. The molecule has 8 heteroatoms. The minimum Gasteiger partial charge on any atom is -0.361 e. The van der Waals surface area contributed by atoms with Gasteiger partial charge in [0.1, 0.15) is 11.6 Å². The molecule has 8 nitrogen and oxygen atoms in total. The molecule has 1 aliphatic carbocycles. The van der Waals surface area contributed by atoms with Gasteiger partial charge in [-0.2, -0.15) is 0 Å². The SMILES string of the molecule is Cc1nnc2c(N3CC(N(C)Cc4cc(C5CC5)on4)C3)nccn12. The first kappa shape index (κ1) is 14.8. The van der Waals surface area contributed by atoms with Crippen LogP contribution in [0.2, 0.25) is 0 Å². The van der Waals surface area contributed by atoms with Gasteiger partial charge < -0.3 is 9.42 Å². The highest BCUT2D eigenvalue weighted by Gasteiger charge is 2.33. The van der Waals surface area contributed by atoms with Crippen molar-refractivity contribution in [1.82, 2.24) is 29.6 Å². The van der Waals surface area contributed by atoms with E-state index in [0.717, 1.165) is 48.4 Å². The lowest BCUT2D eigenvalue weighted by molar-refractivity contribution is 0.192. The van der Waals surface area contributed by atoms with Gasteiger partial charge in [-0.15, -0.1) is 10.2 Å². The average Bonchev–Trinajstić information content (AvgIpc) is 3.20. The summed E-state index contributed by atoms with van der Waals surface area (Å²) < 4.78 is 7.43. The second kappa shape index (κ2) is 5.52. The predicted octanol–water partition coefficient (Wildman–Crippen LogP) is 1.62. The van der Waals surface area contributed by atoms with Gasteiger partial charge in [0.05, 0.1) is 5.69 Å². The second-order valence-electron chi connectivity index (χ2n) is 7.16. The molecule has 0 unspecified atom stereocenters. The number of aromatic nitrogens is 5. The maximum Gasteiger partial charge on any atom is 0.203 e. The van der Waals surface area contributed by atoms with Crippen molar-refractivity contribution in [2.75, 3.05) is 25.0 Å². The van der Waals surface area contributed by atoms with E-state index in [0.29, 0.717) is 12.0 Å². The number of hydrogen-bond donors (Lipinski definition) is 0. The Balaban J connectivity index is 1.24. The maximum absolute atomic E-state index is 5.45. The molecular weight excluding hydrogens is 318 g/mol. The van der Waals surface area contributed by atoms with E-state index in [1.54, 1.807) is 0 Å². The first-order valence-corrected chi connectivity index (χ1v) is 8.76. The van der Waals surface area contributed by atoms with Crippen LogP contribution in [0.1, 0.15) is 36.0 Å². The van der Waals surface area contributed by atoms with Crippen molar-refractivity contribution in [2.45, 2.75) is 38.3 Å². The van der Waals surface area contributed by atoms with Crippen molar-refractivity contribution in [3.63, 3.8) is 0 Å². The number of fused-ring (bicyclic) bond motifs is 1. The smallest absolute Gasteiger partial charge is 0.203 e. The molecule has 4 heterocycles. The van der Waals surface area contributed by atoms with Crippen LogP contribution in [-0.4, -0.2) is 55.8 Å². The Labute approximate surface area is 145 Å². The fraction of sp³-hybridized carbons (Fsp3) is 0.529. The average molecular weight is 339 g/mol. The van der Waals surface area contributed by atoms with Crippen LogP contribution >= 0.6 is 0 Å². The van der Waals surface area contributed by atoms with Crippen LogP contribution in [0.4, 0.5) is 5.82 Å². The third-order valence-electron chi connectivity index (χ3n) is 5.23. The van der Waals surface area contributed by atoms with E-state index in [2.05, 4.69) is 43.3 Å². The lowest BCUT2D eigenvalue weighted by Gasteiger charge is -2.44. The van der Waals surface area contributed by atoms with Gasteiger partial charge in [0.15, 0.2) is 5.82 Å². The Morgan fingerprint density at radius 1 is 1.28 bits per heavy atom. The minimum atomic E-state index is 0.479. The number of nitrogens with zero attached hydrogens (tertiary/aromatic N) is 7. The Bertz CT molecular complexity index is 907. The molecule has 3 aromatic rings. The molecule has 0 amide bonds. The molecule has 0 N–H and O–H groups in total. The van der Waals surface area contributed by atoms with Gasteiger partial charge in [-0.3, -0.25) is 9.30 Å². The summed E-state index contributed by atoms with van der Waals surface area (Å²) in [7, 11) is 2.14. The van der Waals surface area contributed by atoms with E-state index in [-0.39, 0.29) is 0 Å². The van der Waals surface area contributed by atoms with E-state index in [1.807, 2.05) is 23.7 Å². The predicted molar refractivity (Wildman–Crippen MR) is 91.5 cm³/mol. The zero-order chi connectivity index (χ0) is 17.0. The van der Waals surface area contributed by atoms with Gasteiger partial charge in [-0.05, 0) is 26.8 Å². The molecule has 130 valence electrons. The van der Waals surface area contributed by atoms with E-state index >= 15 is 0 Å². The van der Waals surface area contributed by atoms with E-state index in [9.17, 15) is 0 Å². The molecule has 0 aromatic carbocycles. The summed E-state index contributed by atoms with van der Waals surface area (Å²) in [6, 6.07) is 2.60. The summed E-state index contributed by atoms with van der Waals surface area (Å²) in [4.78, 5) is 9.09. The fourth-order valence-corrected chi connectivity index (χ4v) is 3.41. The number of rotatable bonds is 5. The Hall–Kier alpha value is -2.48. The Morgan fingerprint density at radius 3 is 2.92 bits per heavy atom. The van der Waals surface area contributed by atoms with Crippen molar-refractivity contribution in [3.8, 4) is 0 Å².